The first kappa shape index (κ1) is 16.0. The lowest BCUT2D eigenvalue weighted by Crippen LogP contribution is -2.42. The second-order valence-corrected chi connectivity index (χ2v) is 5.34. The van der Waals surface area contributed by atoms with E-state index in [2.05, 4.69) is 16.0 Å². The molecule has 1 aliphatic rings. The Hall–Kier alpha value is -2.41. The summed E-state index contributed by atoms with van der Waals surface area (Å²) in [4.78, 5) is 34.2. The molecule has 0 aromatic heterocycles. The second-order valence-electron chi connectivity index (χ2n) is 5.34. The number of amides is 2. The van der Waals surface area contributed by atoms with Crippen LogP contribution in [0.25, 0.3) is 0 Å². The summed E-state index contributed by atoms with van der Waals surface area (Å²) in [6, 6.07) is 6.60. The minimum atomic E-state index is -1.09. The molecule has 0 aliphatic carbocycles. The molecule has 7 heteroatoms. The SMILES string of the molecule is Cc1ccc(C(=O)N[C@@H]2CN[C@H](C(=O)NCC(=O)O)C2)cc1. The highest BCUT2D eigenvalue weighted by atomic mass is 16.4. The van der Waals surface area contributed by atoms with Gasteiger partial charge in [0.25, 0.3) is 5.91 Å². The van der Waals surface area contributed by atoms with E-state index in [1.165, 1.54) is 0 Å². The first-order valence-corrected chi connectivity index (χ1v) is 7.06. The number of hydrogen-bond donors (Lipinski definition) is 4. The molecule has 0 spiro atoms. The van der Waals surface area contributed by atoms with Crippen molar-refractivity contribution in [3.63, 3.8) is 0 Å². The van der Waals surface area contributed by atoms with Crippen LogP contribution in [0.4, 0.5) is 0 Å². The third kappa shape index (κ3) is 4.29. The number of benzene rings is 1. The largest absolute Gasteiger partial charge is 0.480 e. The van der Waals surface area contributed by atoms with Gasteiger partial charge in [-0.25, -0.2) is 0 Å². The van der Waals surface area contributed by atoms with Crippen molar-refractivity contribution in [1.29, 1.82) is 0 Å². The molecular formula is C15H19N3O4. The van der Waals surface area contributed by atoms with Gasteiger partial charge in [-0.3, -0.25) is 14.4 Å². The van der Waals surface area contributed by atoms with Crippen LogP contribution in [-0.4, -0.2) is 48.1 Å². The summed E-state index contributed by atoms with van der Waals surface area (Å²) in [6.45, 7) is 2.02. The zero-order chi connectivity index (χ0) is 16.1. The van der Waals surface area contributed by atoms with Gasteiger partial charge in [0.15, 0.2) is 0 Å². The van der Waals surface area contributed by atoms with Gasteiger partial charge in [-0.2, -0.15) is 0 Å². The molecule has 7 nitrogen and oxygen atoms in total. The predicted molar refractivity (Wildman–Crippen MR) is 79.5 cm³/mol. The number of nitrogens with one attached hydrogen (secondary N) is 3. The fourth-order valence-electron chi connectivity index (χ4n) is 2.30. The maximum Gasteiger partial charge on any atom is 0.322 e. The molecule has 1 fully saturated rings. The zero-order valence-electron chi connectivity index (χ0n) is 12.3. The van der Waals surface area contributed by atoms with Crippen molar-refractivity contribution < 1.29 is 19.5 Å². The van der Waals surface area contributed by atoms with E-state index in [0.29, 0.717) is 18.5 Å². The van der Waals surface area contributed by atoms with Crippen LogP contribution in [0.15, 0.2) is 24.3 Å². The van der Waals surface area contributed by atoms with Crippen molar-refractivity contribution in [2.75, 3.05) is 13.1 Å². The van der Waals surface area contributed by atoms with E-state index in [4.69, 9.17) is 5.11 Å². The first-order valence-electron chi connectivity index (χ1n) is 7.06. The fourth-order valence-corrected chi connectivity index (χ4v) is 2.30. The molecule has 1 aromatic rings. The van der Waals surface area contributed by atoms with Gasteiger partial charge in [0.2, 0.25) is 5.91 Å². The Labute approximate surface area is 128 Å². The molecule has 2 rings (SSSR count). The van der Waals surface area contributed by atoms with Crippen molar-refractivity contribution in [3.8, 4) is 0 Å². The lowest BCUT2D eigenvalue weighted by molar-refractivity contribution is -0.138. The van der Waals surface area contributed by atoms with Crippen LogP contribution < -0.4 is 16.0 Å². The van der Waals surface area contributed by atoms with E-state index in [9.17, 15) is 14.4 Å². The van der Waals surface area contributed by atoms with Crippen LogP contribution in [0.5, 0.6) is 0 Å². The summed E-state index contributed by atoms with van der Waals surface area (Å²) in [6.07, 6.45) is 0.434. The molecule has 0 saturated carbocycles. The Bertz CT molecular complexity index is 571. The highest BCUT2D eigenvalue weighted by molar-refractivity contribution is 5.94. The molecule has 0 radical (unpaired) electrons. The van der Waals surface area contributed by atoms with Crippen LogP contribution in [-0.2, 0) is 9.59 Å². The van der Waals surface area contributed by atoms with Gasteiger partial charge in [0, 0.05) is 18.2 Å². The third-order valence-electron chi connectivity index (χ3n) is 3.51. The molecule has 22 heavy (non-hydrogen) atoms. The molecule has 1 aromatic carbocycles. The van der Waals surface area contributed by atoms with E-state index >= 15 is 0 Å². The highest BCUT2D eigenvalue weighted by Crippen LogP contribution is 2.09. The van der Waals surface area contributed by atoms with Crippen molar-refractivity contribution in [1.82, 2.24) is 16.0 Å². The summed E-state index contributed by atoms with van der Waals surface area (Å²) in [7, 11) is 0. The number of carbonyl (C=O) groups excluding carboxylic acids is 2. The Balaban J connectivity index is 1.83. The van der Waals surface area contributed by atoms with E-state index in [0.717, 1.165) is 5.56 Å². The Morgan fingerprint density at radius 1 is 1.27 bits per heavy atom. The molecule has 118 valence electrons. The second kappa shape index (κ2) is 7.04. The highest BCUT2D eigenvalue weighted by Gasteiger charge is 2.30. The van der Waals surface area contributed by atoms with Crippen molar-refractivity contribution in [3.05, 3.63) is 35.4 Å². The predicted octanol–water partition coefficient (Wildman–Crippen LogP) is -0.344. The van der Waals surface area contributed by atoms with Crippen LogP contribution >= 0.6 is 0 Å². The quantitative estimate of drug-likeness (QED) is 0.595. The number of aliphatic carboxylic acids is 1. The molecule has 1 heterocycles. The fraction of sp³-hybridized carbons (Fsp3) is 0.400. The monoisotopic (exact) mass is 305 g/mol. The van der Waals surface area contributed by atoms with Crippen molar-refractivity contribution in [2.24, 2.45) is 0 Å². The molecule has 1 saturated heterocycles. The molecule has 1 aliphatic heterocycles. The average Bonchev–Trinajstić information content (AvgIpc) is 2.94. The number of aryl methyl sites for hydroxylation is 1. The van der Waals surface area contributed by atoms with Gasteiger partial charge in [-0.15, -0.1) is 0 Å². The van der Waals surface area contributed by atoms with Crippen molar-refractivity contribution in [2.45, 2.75) is 25.4 Å². The smallest absolute Gasteiger partial charge is 0.322 e. The van der Waals surface area contributed by atoms with E-state index < -0.39 is 18.6 Å². The number of rotatable bonds is 5. The molecule has 0 bridgehead atoms. The molecular weight excluding hydrogens is 286 g/mol. The Morgan fingerprint density at radius 2 is 1.95 bits per heavy atom. The van der Waals surface area contributed by atoms with Gasteiger partial charge >= 0.3 is 5.97 Å². The average molecular weight is 305 g/mol. The lowest BCUT2D eigenvalue weighted by Gasteiger charge is -2.12. The summed E-state index contributed by atoms with van der Waals surface area (Å²) in [5.41, 5.74) is 1.65. The van der Waals surface area contributed by atoms with Gasteiger partial charge in [-0.1, -0.05) is 17.7 Å². The summed E-state index contributed by atoms with van der Waals surface area (Å²) in [5.74, 6) is -1.64. The molecule has 2 atom stereocenters. The maximum absolute atomic E-state index is 12.1. The number of carbonyl (C=O) groups is 3. The topological polar surface area (TPSA) is 108 Å². The van der Waals surface area contributed by atoms with Gasteiger partial charge in [0.1, 0.15) is 6.54 Å². The zero-order valence-corrected chi connectivity index (χ0v) is 12.3. The molecule has 4 N–H and O–H groups in total. The Morgan fingerprint density at radius 3 is 2.59 bits per heavy atom. The minimum Gasteiger partial charge on any atom is -0.480 e. The molecule has 2 amide bonds. The van der Waals surface area contributed by atoms with Crippen LogP contribution in [0.2, 0.25) is 0 Å². The van der Waals surface area contributed by atoms with Crippen LogP contribution in [0.3, 0.4) is 0 Å². The van der Waals surface area contributed by atoms with E-state index in [1.54, 1.807) is 12.1 Å². The third-order valence-corrected chi connectivity index (χ3v) is 3.51. The van der Waals surface area contributed by atoms with Crippen molar-refractivity contribution >= 4 is 17.8 Å². The number of carboxylic acid groups (broad SMARTS) is 1. The lowest BCUT2D eigenvalue weighted by atomic mass is 10.1. The summed E-state index contributed by atoms with van der Waals surface area (Å²) < 4.78 is 0. The first-order chi connectivity index (χ1) is 10.5. The van der Waals surface area contributed by atoms with Gasteiger partial charge in [-0.05, 0) is 25.5 Å². The van der Waals surface area contributed by atoms with Gasteiger partial charge < -0.3 is 21.1 Å². The standard InChI is InChI=1S/C15H19N3O4/c1-9-2-4-10(5-3-9)14(21)18-11-6-12(16-7-11)15(22)17-8-13(19)20/h2-5,11-12,16H,6-8H2,1H3,(H,17,22)(H,18,21)(H,19,20)/t11-,12-/m0/s1. The number of hydrogen-bond acceptors (Lipinski definition) is 4. The number of carboxylic acids is 1. The van der Waals surface area contributed by atoms with E-state index in [1.807, 2.05) is 19.1 Å². The Kier molecular flexibility index (Phi) is 5.11. The summed E-state index contributed by atoms with van der Waals surface area (Å²) >= 11 is 0. The van der Waals surface area contributed by atoms with E-state index in [-0.39, 0.29) is 17.9 Å². The maximum atomic E-state index is 12.1. The summed E-state index contributed by atoms with van der Waals surface area (Å²) in [5, 5.41) is 16.7. The van der Waals surface area contributed by atoms with Crippen LogP contribution in [0, 0.1) is 6.92 Å². The molecule has 0 unspecified atom stereocenters. The normalized spacial score (nSPS) is 20.4. The van der Waals surface area contributed by atoms with Gasteiger partial charge in [0.05, 0.1) is 6.04 Å². The minimum absolute atomic E-state index is 0.158. The van der Waals surface area contributed by atoms with Crippen LogP contribution in [0.1, 0.15) is 22.3 Å².